The van der Waals surface area contributed by atoms with Crippen molar-refractivity contribution in [2.75, 3.05) is 17.3 Å². The first-order valence-electron chi connectivity index (χ1n) is 6.73. The van der Waals surface area contributed by atoms with Crippen molar-refractivity contribution in [1.82, 2.24) is 0 Å². The molecule has 2 aromatic rings. The van der Waals surface area contributed by atoms with E-state index in [0.717, 1.165) is 12.0 Å². The van der Waals surface area contributed by atoms with Crippen molar-refractivity contribution in [3.05, 3.63) is 54.6 Å². The molecule has 1 amide bonds. The van der Waals surface area contributed by atoms with Gasteiger partial charge in [-0.05, 0) is 36.4 Å². The minimum Gasteiger partial charge on any atom is -0.457 e. The van der Waals surface area contributed by atoms with E-state index >= 15 is 0 Å². The predicted molar refractivity (Wildman–Crippen MR) is 85.9 cm³/mol. The molecule has 5 nitrogen and oxygen atoms in total. The quantitative estimate of drug-likeness (QED) is 0.888. The molecule has 22 heavy (non-hydrogen) atoms. The fourth-order valence-electron chi connectivity index (χ4n) is 1.73. The van der Waals surface area contributed by atoms with E-state index in [2.05, 4.69) is 5.32 Å². The highest BCUT2D eigenvalue weighted by Gasteiger charge is 2.08. The number of nitrogens with one attached hydrogen (secondary N) is 1. The van der Waals surface area contributed by atoms with Crippen molar-refractivity contribution in [3.8, 4) is 11.5 Å². The van der Waals surface area contributed by atoms with Crippen LogP contribution in [0.1, 0.15) is 6.42 Å². The number of carbonyl (C=O) groups excluding carboxylic acids is 1. The summed E-state index contributed by atoms with van der Waals surface area (Å²) in [5.74, 6) is 0.892. The normalized spacial score (nSPS) is 11.0. The van der Waals surface area contributed by atoms with Gasteiger partial charge < -0.3 is 10.1 Å². The largest absolute Gasteiger partial charge is 0.457 e. The average molecular weight is 319 g/mol. The first kappa shape index (κ1) is 16.0. The minimum atomic E-state index is -3.13. The summed E-state index contributed by atoms with van der Waals surface area (Å²) >= 11 is 0. The molecule has 1 N–H and O–H groups in total. The number of rotatable bonds is 6. The van der Waals surface area contributed by atoms with Gasteiger partial charge in [0.1, 0.15) is 21.3 Å². The van der Waals surface area contributed by atoms with Gasteiger partial charge in [0, 0.05) is 18.4 Å². The highest BCUT2D eigenvalue weighted by Crippen LogP contribution is 2.22. The summed E-state index contributed by atoms with van der Waals surface area (Å²) in [5.41, 5.74) is 0.596. The van der Waals surface area contributed by atoms with Gasteiger partial charge in [-0.15, -0.1) is 0 Å². The summed E-state index contributed by atoms with van der Waals surface area (Å²) in [6.07, 6.45) is 1.05. The maximum absolute atomic E-state index is 11.6. The molecule has 0 unspecified atom stereocenters. The number of carbonyl (C=O) groups is 1. The number of para-hydroxylation sites is 1. The molecule has 0 spiro atoms. The Morgan fingerprint density at radius 2 is 1.59 bits per heavy atom. The lowest BCUT2D eigenvalue weighted by molar-refractivity contribution is -0.115. The number of hydrogen-bond donors (Lipinski definition) is 1. The highest BCUT2D eigenvalue weighted by atomic mass is 32.2. The van der Waals surface area contributed by atoms with Gasteiger partial charge in [0.2, 0.25) is 5.91 Å². The fraction of sp³-hybridized carbons (Fsp3) is 0.188. The Morgan fingerprint density at radius 3 is 2.18 bits per heavy atom. The molecule has 0 saturated carbocycles. The van der Waals surface area contributed by atoms with Crippen LogP contribution in [0.2, 0.25) is 0 Å². The number of hydrogen-bond acceptors (Lipinski definition) is 4. The minimum absolute atomic E-state index is 0.0545. The van der Waals surface area contributed by atoms with Crippen molar-refractivity contribution < 1.29 is 17.9 Å². The van der Waals surface area contributed by atoms with Crippen LogP contribution in [0.3, 0.4) is 0 Å². The lowest BCUT2D eigenvalue weighted by Gasteiger charge is -2.08. The zero-order valence-electron chi connectivity index (χ0n) is 12.2. The second-order valence-corrected chi connectivity index (χ2v) is 7.13. The van der Waals surface area contributed by atoms with Crippen LogP contribution in [0, 0.1) is 0 Å². The van der Waals surface area contributed by atoms with E-state index in [-0.39, 0.29) is 18.1 Å². The average Bonchev–Trinajstić information content (AvgIpc) is 2.48. The van der Waals surface area contributed by atoms with E-state index in [1.165, 1.54) is 0 Å². The zero-order valence-corrected chi connectivity index (χ0v) is 13.0. The van der Waals surface area contributed by atoms with E-state index in [4.69, 9.17) is 4.74 Å². The van der Waals surface area contributed by atoms with E-state index in [1.54, 1.807) is 24.3 Å². The molecule has 6 heteroatoms. The first-order valence-corrected chi connectivity index (χ1v) is 8.79. The third-order valence-corrected chi connectivity index (χ3v) is 3.76. The second kappa shape index (κ2) is 7.09. The van der Waals surface area contributed by atoms with Gasteiger partial charge in [0.05, 0.1) is 5.75 Å². The van der Waals surface area contributed by atoms with Crippen LogP contribution in [0.25, 0.3) is 0 Å². The van der Waals surface area contributed by atoms with Crippen LogP contribution in [-0.2, 0) is 14.6 Å². The predicted octanol–water partition coefficient (Wildman–Crippen LogP) is 2.85. The van der Waals surface area contributed by atoms with Crippen molar-refractivity contribution in [1.29, 1.82) is 0 Å². The highest BCUT2D eigenvalue weighted by molar-refractivity contribution is 7.90. The summed E-state index contributed by atoms with van der Waals surface area (Å²) in [5, 5.41) is 2.65. The molecule has 2 rings (SSSR count). The van der Waals surface area contributed by atoms with Gasteiger partial charge >= 0.3 is 0 Å². The molecule has 116 valence electrons. The number of sulfone groups is 1. The molecule has 0 aliphatic heterocycles. The summed E-state index contributed by atoms with van der Waals surface area (Å²) in [4.78, 5) is 11.6. The monoisotopic (exact) mass is 319 g/mol. The molecule has 0 aliphatic rings. The fourth-order valence-corrected chi connectivity index (χ4v) is 2.29. The first-order chi connectivity index (χ1) is 10.4. The van der Waals surface area contributed by atoms with Crippen molar-refractivity contribution in [2.45, 2.75) is 6.42 Å². The van der Waals surface area contributed by atoms with Crippen molar-refractivity contribution >= 4 is 21.4 Å². The van der Waals surface area contributed by atoms with Gasteiger partial charge in [-0.25, -0.2) is 8.42 Å². The Morgan fingerprint density at radius 1 is 1.00 bits per heavy atom. The summed E-state index contributed by atoms with van der Waals surface area (Å²) < 4.78 is 27.7. The molecule has 0 aromatic heterocycles. The van der Waals surface area contributed by atoms with Crippen molar-refractivity contribution in [2.24, 2.45) is 0 Å². The second-order valence-electron chi connectivity index (χ2n) is 4.87. The summed E-state index contributed by atoms with van der Waals surface area (Å²) in [6, 6.07) is 16.2. The standard InChI is InChI=1S/C16H17NO4S/c1-22(19,20)12-11-16(18)17-13-7-9-15(10-8-13)21-14-5-3-2-4-6-14/h2-10H,11-12H2,1H3,(H,17,18). The Balaban J connectivity index is 1.90. The van der Waals surface area contributed by atoms with Gasteiger partial charge in [-0.1, -0.05) is 18.2 Å². The number of ether oxygens (including phenoxy) is 1. The van der Waals surface area contributed by atoms with Crippen LogP contribution in [-0.4, -0.2) is 26.3 Å². The molecule has 0 saturated heterocycles. The van der Waals surface area contributed by atoms with Crippen LogP contribution >= 0.6 is 0 Å². The third kappa shape index (κ3) is 5.57. The molecular formula is C16H17NO4S. The Kier molecular flexibility index (Phi) is 5.16. The van der Waals surface area contributed by atoms with E-state index < -0.39 is 9.84 Å². The van der Waals surface area contributed by atoms with Crippen LogP contribution in [0.15, 0.2) is 54.6 Å². The molecule has 0 bridgehead atoms. The topological polar surface area (TPSA) is 72.5 Å². The molecule has 0 atom stereocenters. The molecular weight excluding hydrogens is 302 g/mol. The number of benzene rings is 2. The number of anilines is 1. The number of amides is 1. The molecule has 2 aromatic carbocycles. The zero-order chi connectivity index (χ0) is 16.0. The van der Waals surface area contributed by atoms with Crippen LogP contribution in [0.4, 0.5) is 5.69 Å². The maximum atomic E-state index is 11.6. The Bertz CT molecular complexity index is 725. The van der Waals surface area contributed by atoms with Crippen LogP contribution in [0.5, 0.6) is 11.5 Å². The van der Waals surface area contributed by atoms with Crippen LogP contribution < -0.4 is 10.1 Å². The third-order valence-electron chi connectivity index (χ3n) is 2.82. The van der Waals surface area contributed by atoms with E-state index in [9.17, 15) is 13.2 Å². The smallest absolute Gasteiger partial charge is 0.225 e. The summed E-state index contributed by atoms with van der Waals surface area (Å²) in [7, 11) is -3.13. The lowest BCUT2D eigenvalue weighted by Crippen LogP contribution is -2.16. The van der Waals surface area contributed by atoms with Gasteiger partial charge in [-0.2, -0.15) is 0 Å². The van der Waals surface area contributed by atoms with Gasteiger partial charge in [-0.3, -0.25) is 4.79 Å². The molecule has 0 radical (unpaired) electrons. The molecule has 0 fully saturated rings. The van der Waals surface area contributed by atoms with Gasteiger partial charge in [0.25, 0.3) is 0 Å². The maximum Gasteiger partial charge on any atom is 0.225 e. The molecule has 0 aliphatic carbocycles. The molecule has 0 heterocycles. The lowest BCUT2D eigenvalue weighted by atomic mass is 10.3. The summed E-state index contributed by atoms with van der Waals surface area (Å²) in [6.45, 7) is 0. The van der Waals surface area contributed by atoms with Crippen molar-refractivity contribution in [3.63, 3.8) is 0 Å². The van der Waals surface area contributed by atoms with Gasteiger partial charge in [0.15, 0.2) is 0 Å². The van der Waals surface area contributed by atoms with E-state index in [1.807, 2.05) is 30.3 Å². The Hall–Kier alpha value is -2.34. The SMILES string of the molecule is CS(=O)(=O)CCC(=O)Nc1ccc(Oc2ccccc2)cc1. The Labute approximate surface area is 129 Å². The van der Waals surface area contributed by atoms with E-state index in [0.29, 0.717) is 11.4 Å².